The van der Waals surface area contributed by atoms with Gasteiger partial charge in [-0.15, -0.1) is 11.3 Å². The maximum atomic E-state index is 11.4. The predicted octanol–water partition coefficient (Wildman–Crippen LogP) is 2.59. The standard InChI is InChI=1S/C11H10N2OS/c1-7(14)8-4-2-3-5-9(8)10-6-15-11(12)13-10/h2-6H,1H3,(H2,12,13). The van der Waals surface area contributed by atoms with Gasteiger partial charge in [0.15, 0.2) is 10.9 Å². The lowest BCUT2D eigenvalue weighted by atomic mass is 10.0. The first kappa shape index (κ1) is 9.86. The van der Waals surface area contributed by atoms with E-state index >= 15 is 0 Å². The van der Waals surface area contributed by atoms with E-state index in [0.29, 0.717) is 10.7 Å². The zero-order valence-corrected chi connectivity index (χ0v) is 9.04. The predicted molar refractivity (Wildman–Crippen MR) is 62.0 cm³/mol. The molecule has 0 spiro atoms. The Morgan fingerprint density at radius 2 is 2.13 bits per heavy atom. The van der Waals surface area contributed by atoms with E-state index in [1.165, 1.54) is 11.3 Å². The van der Waals surface area contributed by atoms with Gasteiger partial charge in [0.25, 0.3) is 0 Å². The van der Waals surface area contributed by atoms with Crippen LogP contribution in [0.3, 0.4) is 0 Å². The zero-order valence-electron chi connectivity index (χ0n) is 8.23. The number of nitrogens with zero attached hydrogens (tertiary/aromatic N) is 1. The number of nitrogens with two attached hydrogens (primary N) is 1. The average molecular weight is 218 g/mol. The van der Waals surface area contributed by atoms with Gasteiger partial charge in [-0.25, -0.2) is 4.98 Å². The summed E-state index contributed by atoms with van der Waals surface area (Å²) in [5.41, 5.74) is 7.86. The van der Waals surface area contributed by atoms with E-state index in [1.54, 1.807) is 13.0 Å². The highest BCUT2D eigenvalue weighted by Crippen LogP contribution is 2.26. The van der Waals surface area contributed by atoms with Gasteiger partial charge in [-0.3, -0.25) is 4.79 Å². The molecule has 0 saturated carbocycles. The number of carbonyl (C=O) groups excluding carboxylic acids is 1. The fraction of sp³-hybridized carbons (Fsp3) is 0.0909. The van der Waals surface area contributed by atoms with Crippen LogP contribution in [-0.4, -0.2) is 10.8 Å². The lowest BCUT2D eigenvalue weighted by molar-refractivity contribution is 0.101. The average Bonchev–Trinajstić information content (AvgIpc) is 2.65. The molecule has 0 aliphatic carbocycles. The molecule has 0 unspecified atom stereocenters. The van der Waals surface area contributed by atoms with Gasteiger partial charge in [0.05, 0.1) is 5.69 Å². The second-order valence-electron chi connectivity index (χ2n) is 3.17. The van der Waals surface area contributed by atoms with Gasteiger partial charge in [-0.2, -0.15) is 0 Å². The highest BCUT2D eigenvalue weighted by atomic mass is 32.1. The van der Waals surface area contributed by atoms with E-state index in [0.717, 1.165) is 11.3 Å². The zero-order chi connectivity index (χ0) is 10.8. The quantitative estimate of drug-likeness (QED) is 0.788. The van der Waals surface area contributed by atoms with Crippen LogP contribution in [0.4, 0.5) is 5.13 Å². The Kier molecular flexibility index (Phi) is 2.51. The molecule has 3 nitrogen and oxygen atoms in total. The Balaban J connectivity index is 2.57. The monoisotopic (exact) mass is 218 g/mol. The van der Waals surface area contributed by atoms with Crippen LogP contribution in [0, 0.1) is 0 Å². The summed E-state index contributed by atoms with van der Waals surface area (Å²) in [6.07, 6.45) is 0. The van der Waals surface area contributed by atoms with Gasteiger partial charge < -0.3 is 5.73 Å². The molecule has 76 valence electrons. The molecule has 1 aromatic carbocycles. The smallest absolute Gasteiger partial charge is 0.180 e. The molecule has 0 bridgehead atoms. The highest BCUT2D eigenvalue weighted by Gasteiger charge is 2.10. The Morgan fingerprint density at radius 1 is 1.40 bits per heavy atom. The first-order chi connectivity index (χ1) is 7.18. The maximum absolute atomic E-state index is 11.4. The molecule has 2 rings (SSSR count). The molecule has 1 heterocycles. The number of hydrogen-bond acceptors (Lipinski definition) is 4. The third-order valence-corrected chi connectivity index (χ3v) is 2.78. The van der Waals surface area contributed by atoms with Gasteiger partial charge in [-0.1, -0.05) is 24.3 Å². The van der Waals surface area contributed by atoms with Crippen LogP contribution in [0.15, 0.2) is 29.6 Å². The van der Waals surface area contributed by atoms with Crippen molar-refractivity contribution in [2.24, 2.45) is 0 Å². The fourth-order valence-corrected chi connectivity index (χ4v) is 1.99. The number of nitrogen functional groups attached to an aromatic ring is 1. The molecular weight excluding hydrogens is 208 g/mol. The number of carbonyl (C=O) groups is 1. The maximum Gasteiger partial charge on any atom is 0.180 e. The summed E-state index contributed by atoms with van der Waals surface area (Å²) in [5, 5.41) is 2.38. The van der Waals surface area contributed by atoms with Crippen molar-refractivity contribution in [2.75, 3.05) is 5.73 Å². The minimum atomic E-state index is 0.0390. The van der Waals surface area contributed by atoms with Crippen molar-refractivity contribution in [1.29, 1.82) is 0 Å². The van der Waals surface area contributed by atoms with Gasteiger partial charge in [0.2, 0.25) is 0 Å². The number of ketones is 1. The van der Waals surface area contributed by atoms with E-state index < -0.39 is 0 Å². The summed E-state index contributed by atoms with van der Waals surface area (Å²) < 4.78 is 0. The van der Waals surface area contributed by atoms with Crippen molar-refractivity contribution < 1.29 is 4.79 Å². The SMILES string of the molecule is CC(=O)c1ccccc1-c1csc(N)n1. The molecule has 0 fully saturated rings. The van der Waals surface area contributed by atoms with Crippen LogP contribution in [0.1, 0.15) is 17.3 Å². The molecule has 0 atom stereocenters. The number of hydrogen-bond donors (Lipinski definition) is 1. The van der Waals surface area contributed by atoms with Crippen molar-refractivity contribution in [3.63, 3.8) is 0 Å². The second-order valence-corrected chi connectivity index (χ2v) is 4.06. The molecule has 2 aromatic rings. The van der Waals surface area contributed by atoms with Crippen LogP contribution in [0.2, 0.25) is 0 Å². The number of anilines is 1. The molecule has 1 aromatic heterocycles. The molecule has 0 aliphatic rings. The molecule has 0 aliphatic heterocycles. The molecule has 0 amide bonds. The first-order valence-electron chi connectivity index (χ1n) is 4.50. The van der Waals surface area contributed by atoms with Crippen molar-refractivity contribution >= 4 is 22.3 Å². The van der Waals surface area contributed by atoms with Crippen LogP contribution >= 0.6 is 11.3 Å². The van der Waals surface area contributed by atoms with Crippen molar-refractivity contribution in [3.8, 4) is 11.3 Å². The van der Waals surface area contributed by atoms with E-state index in [9.17, 15) is 4.79 Å². The summed E-state index contributed by atoms with van der Waals surface area (Å²) >= 11 is 1.38. The summed E-state index contributed by atoms with van der Waals surface area (Å²) in [6.45, 7) is 1.55. The van der Waals surface area contributed by atoms with Gasteiger partial charge in [0, 0.05) is 16.5 Å². The lowest BCUT2D eigenvalue weighted by Crippen LogP contribution is -1.95. The third-order valence-electron chi connectivity index (χ3n) is 2.10. The van der Waals surface area contributed by atoms with Crippen LogP contribution in [0.25, 0.3) is 11.3 Å². The Labute approximate surface area is 91.6 Å². The van der Waals surface area contributed by atoms with Gasteiger partial charge >= 0.3 is 0 Å². The van der Waals surface area contributed by atoms with Crippen molar-refractivity contribution in [2.45, 2.75) is 6.92 Å². The molecule has 4 heteroatoms. The summed E-state index contributed by atoms with van der Waals surface area (Å²) in [7, 11) is 0. The summed E-state index contributed by atoms with van der Waals surface area (Å²) in [4.78, 5) is 15.6. The van der Waals surface area contributed by atoms with Crippen molar-refractivity contribution in [3.05, 3.63) is 35.2 Å². The molecule has 0 radical (unpaired) electrons. The van der Waals surface area contributed by atoms with Crippen LogP contribution in [0.5, 0.6) is 0 Å². The number of aromatic nitrogens is 1. The topological polar surface area (TPSA) is 56.0 Å². The Morgan fingerprint density at radius 3 is 2.73 bits per heavy atom. The number of Topliss-reactive ketones (excluding diaryl/α,β-unsaturated/α-hetero) is 1. The fourth-order valence-electron chi connectivity index (χ4n) is 1.42. The normalized spacial score (nSPS) is 10.2. The first-order valence-corrected chi connectivity index (χ1v) is 5.38. The summed E-state index contributed by atoms with van der Waals surface area (Å²) in [5.74, 6) is 0.0390. The van der Waals surface area contributed by atoms with Gasteiger partial charge in [-0.05, 0) is 6.92 Å². The van der Waals surface area contributed by atoms with E-state index in [2.05, 4.69) is 4.98 Å². The minimum absolute atomic E-state index is 0.0390. The van der Waals surface area contributed by atoms with E-state index in [4.69, 9.17) is 5.73 Å². The van der Waals surface area contributed by atoms with E-state index in [1.807, 2.05) is 23.6 Å². The Hall–Kier alpha value is -1.68. The largest absolute Gasteiger partial charge is 0.375 e. The Bertz CT molecular complexity index is 505. The van der Waals surface area contributed by atoms with Crippen LogP contribution in [-0.2, 0) is 0 Å². The van der Waals surface area contributed by atoms with Gasteiger partial charge in [0.1, 0.15) is 0 Å². The minimum Gasteiger partial charge on any atom is -0.375 e. The van der Waals surface area contributed by atoms with E-state index in [-0.39, 0.29) is 5.78 Å². The second kappa shape index (κ2) is 3.82. The molecule has 2 N–H and O–H groups in total. The van der Waals surface area contributed by atoms with Crippen molar-refractivity contribution in [1.82, 2.24) is 4.98 Å². The lowest BCUT2D eigenvalue weighted by Gasteiger charge is -2.02. The highest BCUT2D eigenvalue weighted by molar-refractivity contribution is 7.13. The number of benzene rings is 1. The molecule has 15 heavy (non-hydrogen) atoms. The van der Waals surface area contributed by atoms with Crippen LogP contribution < -0.4 is 5.73 Å². The number of rotatable bonds is 2. The summed E-state index contributed by atoms with van der Waals surface area (Å²) in [6, 6.07) is 7.41. The molecule has 0 saturated heterocycles. The number of thiazole rings is 1. The third kappa shape index (κ3) is 1.89. The molecular formula is C11H10N2OS.